The molecule has 2 atom stereocenters. The number of benzene rings is 2. The summed E-state index contributed by atoms with van der Waals surface area (Å²) in [5.74, 6) is -1.05. The molecule has 4 rings (SSSR count). The normalized spacial score (nSPS) is 19.8. The molecule has 8 nitrogen and oxygen atoms in total. The summed E-state index contributed by atoms with van der Waals surface area (Å²) in [5, 5.41) is 0. The number of nitrogens with zero attached hydrogens (tertiary/aromatic N) is 4. The van der Waals surface area contributed by atoms with Gasteiger partial charge in [-0.25, -0.2) is 4.79 Å². The second kappa shape index (κ2) is 12.2. The lowest BCUT2D eigenvalue weighted by atomic mass is 9.96. The Hall–Kier alpha value is -3.81. The van der Waals surface area contributed by atoms with Crippen molar-refractivity contribution >= 4 is 17.9 Å². The average Bonchev–Trinajstić information content (AvgIpc) is 2.90. The monoisotopic (exact) mass is 600 g/mol. The van der Waals surface area contributed by atoms with Crippen LogP contribution in [0.2, 0.25) is 0 Å². The predicted octanol–water partition coefficient (Wildman–Crippen LogP) is 4.24. The first-order valence-electron chi connectivity index (χ1n) is 13.2. The van der Waals surface area contributed by atoms with Crippen LogP contribution in [0.4, 0.5) is 31.1 Å². The minimum absolute atomic E-state index is 0.0206. The zero-order valence-corrected chi connectivity index (χ0v) is 22.9. The summed E-state index contributed by atoms with van der Waals surface area (Å²) in [7, 11) is 3.57. The van der Waals surface area contributed by atoms with Gasteiger partial charge in [0.15, 0.2) is 0 Å². The van der Waals surface area contributed by atoms with E-state index >= 15 is 0 Å². The standard InChI is InChI=1S/C28H30F6N4O4/c1-35(2)10-11-42-26(41)37-9-8-24(39)38-22(14-18-6-4-3-5-7-18)25(40)36(17-23(37)38)16-19-12-20(27(29,30)31)15-21(13-19)28(32,33)34/h3-7,12-13,15,22-23H,8-11,14,16-17H2,1-2H3/t22-,23+/m0/s1. The van der Waals surface area contributed by atoms with Crippen molar-refractivity contribution in [1.29, 1.82) is 0 Å². The van der Waals surface area contributed by atoms with Gasteiger partial charge in [0.1, 0.15) is 18.8 Å². The SMILES string of the molecule is CN(C)CCOC(=O)N1CCC(=O)N2[C@@H]1CN(Cc1cc(C(F)(F)F)cc(C(F)(F)F)c1)C(=O)[C@@H]2Cc1ccccc1. The third-order valence-corrected chi connectivity index (χ3v) is 7.14. The summed E-state index contributed by atoms with van der Waals surface area (Å²) >= 11 is 0. The van der Waals surface area contributed by atoms with E-state index in [9.17, 15) is 40.7 Å². The minimum Gasteiger partial charge on any atom is -0.448 e. The van der Waals surface area contributed by atoms with Gasteiger partial charge in [0.25, 0.3) is 0 Å². The molecule has 2 aromatic rings. The molecule has 0 N–H and O–H groups in total. The number of amides is 3. The maximum Gasteiger partial charge on any atom is 0.416 e. The third kappa shape index (κ3) is 7.15. The van der Waals surface area contributed by atoms with Gasteiger partial charge >= 0.3 is 18.4 Å². The van der Waals surface area contributed by atoms with Gasteiger partial charge in [0, 0.05) is 32.5 Å². The van der Waals surface area contributed by atoms with Gasteiger partial charge < -0.3 is 19.4 Å². The van der Waals surface area contributed by atoms with Gasteiger partial charge in [-0.1, -0.05) is 30.3 Å². The van der Waals surface area contributed by atoms with Gasteiger partial charge in [-0.05, 0) is 43.4 Å². The molecule has 2 aliphatic rings. The Morgan fingerprint density at radius 3 is 2.14 bits per heavy atom. The van der Waals surface area contributed by atoms with Crippen LogP contribution in [0.1, 0.15) is 28.7 Å². The minimum atomic E-state index is -5.06. The lowest BCUT2D eigenvalue weighted by Gasteiger charge is -2.52. The molecule has 0 spiro atoms. The van der Waals surface area contributed by atoms with Crippen molar-refractivity contribution in [1.82, 2.24) is 19.6 Å². The number of hydrogen-bond acceptors (Lipinski definition) is 5. The molecule has 0 aliphatic carbocycles. The van der Waals surface area contributed by atoms with Gasteiger partial charge in [-0.3, -0.25) is 14.5 Å². The van der Waals surface area contributed by atoms with Gasteiger partial charge in [-0.2, -0.15) is 26.3 Å². The van der Waals surface area contributed by atoms with E-state index in [1.165, 1.54) is 9.80 Å². The predicted molar refractivity (Wildman–Crippen MR) is 138 cm³/mol. The molecule has 0 aromatic heterocycles. The number of likely N-dealkylation sites (N-methyl/N-ethyl adjacent to an activating group) is 1. The molecule has 228 valence electrons. The summed E-state index contributed by atoms with van der Waals surface area (Å²) < 4.78 is 86.4. The molecule has 42 heavy (non-hydrogen) atoms. The van der Waals surface area contributed by atoms with E-state index in [1.807, 2.05) is 0 Å². The van der Waals surface area contributed by atoms with Crippen molar-refractivity contribution in [3.05, 3.63) is 70.8 Å². The Balaban J connectivity index is 1.70. The van der Waals surface area contributed by atoms with Crippen molar-refractivity contribution in [3.63, 3.8) is 0 Å². The number of fused-ring (bicyclic) bond motifs is 1. The summed E-state index contributed by atoms with van der Waals surface area (Å²) in [6.07, 6.45) is -11.9. The maximum atomic E-state index is 13.8. The maximum absolute atomic E-state index is 13.8. The number of ether oxygens (including phenoxy) is 1. The van der Waals surface area contributed by atoms with Crippen LogP contribution in [0.3, 0.4) is 0 Å². The third-order valence-electron chi connectivity index (χ3n) is 7.14. The first-order chi connectivity index (χ1) is 19.6. The van der Waals surface area contributed by atoms with E-state index in [-0.39, 0.29) is 44.2 Å². The molecule has 0 unspecified atom stereocenters. The van der Waals surface area contributed by atoms with Gasteiger partial charge in [-0.15, -0.1) is 0 Å². The highest BCUT2D eigenvalue weighted by Crippen LogP contribution is 2.37. The van der Waals surface area contributed by atoms with Crippen LogP contribution in [-0.2, 0) is 39.6 Å². The lowest BCUT2D eigenvalue weighted by Crippen LogP contribution is -2.71. The summed E-state index contributed by atoms with van der Waals surface area (Å²) in [4.78, 5) is 45.4. The molecule has 2 aliphatic heterocycles. The first-order valence-corrected chi connectivity index (χ1v) is 13.2. The molecule has 14 heteroatoms. The zero-order chi connectivity index (χ0) is 30.8. The first kappa shape index (κ1) is 31.1. The van der Waals surface area contributed by atoms with Gasteiger partial charge in [0.2, 0.25) is 11.8 Å². The Morgan fingerprint density at radius 1 is 0.952 bits per heavy atom. The fraction of sp³-hybridized carbons (Fsp3) is 0.464. The van der Waals surface area contributed by atoms with Crippen LogP contribution in [-0.4, -0.2) is 90.1 Å². The van der Waals surface area contributed by atoms with E-state index in [1.54, 1.807) is 49.3 Å². The highest BCUT2D eigenvalue weighted by Gasteiger charge is 2.49. The fourth-order valence-electron chi connectivity index (χ4n) is 5.10. The number of alkyl halides is 6. The Labute approximate surface area is 238 Å². The molecule has 2 heterocycles. The topological polar surface area (TPSA) is 73.4 Å². The Morgan fingerprint density at radius 2 is 1.57 bits per heavy atom. The molecular weight excluding hydrogens is 570 g/mol. The number of hydrogen-bond donors (Lipinski definition) is 0. The zero-order valence-electron chi connectivity index (χ0n) is 22.9. The highest BCUT2D eigenvalue weighted by molar-refractivity contribution is 5.91. The van der Waals surface area contributed by atoms with Crippen LogP contribution in [0.25, 0.3) is 0 Å². The second-order valence-corrected chi connectivity index (χ2v) is 10.5. The van der Waals surface area contributed by atoms with Crippen molar-refractivity contribution < 1.29 is 45.5 Å². The number of carbonyl (C=O) groups is 3. The summed E-state index contributed by atoms with van der Waals surface area (Å²) in [6, 6.07) is 8.68. The van der Waals surface area contributed by atoms with Crippen LogP contribution in [0.15, 0.2) is 48.5 Å². The number of halogens is 6. The van der Waals surface area contributed by atoms with Crippen LogP contribution >= 0.6 is 0 Å². The molecule has 2 fully saturated rings. The van der Waals surface area contributed by atoms with E-state index in [2.05, 4.69) is 0 Å². The molecule has 0 saturated carbocycles. The second-order valence-electron chi connectivity index (χ2n) is 10.5. The molecule has 0 bridgehead atoms. The highest BCUT2D eigenvalue weighted by atomic mass is 19.4. The number of piperazine rings is 1. The molecule has 2 aromatic carbocycles. The molecule has 3 amide bonds. The molecular formula is C28H30F6N4O4. The van der Waals surface area contributed by atoms with Crippen molar-refractivity contribution in [2.75, 3.05) is 40.3 Å². The van der Waals surface area contributed by atoms with Crippen LogP contribution < -0.4 is 0 Å². The van der Waals surface area contributed by atoms with E-state index < -0.39 is 60.1 Å². The van der Waals surface area contributed by atoms with Gasteiger partial charge in [0.05, 0.1) is 17.7 Å². The summed E-state index contributed by atoms with van der Waals surface area (Å²) in [5.41, 5.74) is -2.72. The lowest BCUT2D eigenvalue weighted by molar-refractivity contribution is -0.168. The van der Waals surface area contributed by atoms with E-state index in [0.29, 0.717) is 24.2 Å². The number of carbonyl (C=O) groups excluding carboxylic acids is 3. The van der Waals surface area contributed by atoms with Crippen molar-refractivity contribution in [2.24, 2.45) is 0 Å². The number of rotatable bonds is 7. The van der Waals surface area contributed by atoms with E-state index in [4.69, 9.17) is 4.74 Å². The smallest absolute Gasteiger partial charge is 0.416 e. The van der Waals surface area contributed by atoms with Crippen LogP contribution in [0, 0.1) is 0 Å². The van der Waals surface area contributed by atoms with Crippen LogP contribution in [0.5, 0.6) is 0 Å². The fourth-order valence-corrected chi connectivity index (χ4v) is 5.10. The Bertz CT molecular complexity index is 1270. The summed E-state index contributed by atoms with van der Waals surface area (Å²) in [6.45, 7) is -0.479. The van der Waals surface area contributed by atoms with Crippen molar-refractivity contribution in [2.45, 2.75) is 43.9 Å². The van der Waals surface area contributed by atoms with Crippen molar-refractivity contribution in [3.8, 4) is 0 Å². The quantitative estimate of drug-likeness (QED) is 0.445. The Kier molecular flexibility index (Phi) is 9.04. The van der Waals surface area contributed by atoms with E-state index in [0.717, 1.165) is 4.90 Å². The largest absolute Gasteiger partial charge is 0.448 e. The molecule has 2 saturated heterocycles. The average molecular weight is 601 g/mol. The molecule has 0 radical (unpaired) electrons.